The molecule has 0 spiro atoms. The van der Waals surface area contributed by atoms with Crippen molar-refractivity contribution in [1.29, 1.82) is 0 Å². The van der Waals surface area contributed by atoms with Crippen LogP contribution in [0.25, 0.3) is 0 Å². The second-order valence-electron chi connectivity index (χ2n) is 8.17. The molecule has 1 N–H and O–H groups in total. The molecular formula is C22H25FN6O4S. The summed E-state index contributed by atoms with van der Waals surface area (Å²) in [6.45, 7) is 1.81. The number of hydrogen-bond acceptors (Lipinski definition) is 7. The van der Waals surface area contributed by atoms with Gasteiger partial charge >= 0.3 is 0 Å². The number of nitro groups is 1. The predicted molar refractivity (Wildman–Crippen MR) is 124 cm³/mol. The third kappa shape index (κ3) is 4.79. The van der Waals surface area contributed by atoms with Crippen LogP contribution in [0.4, 0.5) is 15.8 Å². The van der Waals surface area contributed by atoms with Gasteiger partial charge in [-0.25, -0.2) is 17.8 Å². The van der Waals surface area contributed by atoms with E-state index in [2.05, 4.69) is 10.3 Å². The molecular weight excluding hydrogens is 463 g/mol. The summed E-state index contributed by atoms with van der Waals surface area (Å²) < 4.78 is 42.8. The van der Waals surface area contributed by atoms with E-state index in [0.717, 1.165) is 6.07 Å². The highest BCUT2D eigenvalue weighted by Crippen LogP contribution is 2.34. The molecule has 1 fully saturated rings. The Labute approximate surface area is 196 Å². The Balaban J connectivity index is 1.71. The number of rotatable bonds is 7. The summed E-state index contributed by atoms with van der Waals surface area (Å²) in [4.78, 5) is 17.5. The third-order valence-corrected chi connectivity index (χ3v) is 7.78. The molecule has 10 nitrogen and oxygen atoms in total. The average molecular weight is 489 g/mol. The maximum Gasteiger partial charge on any atom is 0.293 e. The quantitative estimate of drug-likeness (QED) is 0.402. The maximum absolute atomic E-state index is 13.5. The van der Waals surface area contributed by atoms with E-state index in [0.29, 0.717) is 37.6 Å². The molecule has 4 rings (SSSR count). The number of hydrogen-bond donors (Lipinski definition) is 1. The Morgan fingerprint density at radius 1 is 1.09 bits per heavy atom. The van der Waals surface area contributed by atoms with E-state index in [-0.39, 0.29) is 16.3 Å². The first-order chi connectivity index (χ1) is 16.2. The number of halogens is 1. The second kappa shape index (κ2) is 9.49. The molecule has 0 saturated carbocycles. The van der Waals surface area contributed by atoms with Gasteiger partial charge in [0.05, 0.1) is 9.82 Å². The minimum atomic E-state index is -3.88. The Morgan fingerprint density at radius 2 is 1.76 bits per heavy atom. The van der Waals surface area contributed by atoms with E-state index in [1.54, 1.807) is 36.1 Å². The predicted octanol–water partition coefficient (Wildman–Crippen LogP) is 2.61. The maximum atomic E-state index is 13.5. The number of aromatic nitrogens is 2. The Morgan fingerprint density at radius 3 is 2.35 bits per heavy atom. The number of benzene rings is 2. The van der Waals surface area contributed by atoms with Crippen molar-refractivity contribution >= 4 is 21.4 Å². The van der Waals surface area contributed by atoms with E-state index in [1.807, 2.05) is 11.9 Å². The Hall–Kier alpha value is -3.35. The van der Waals surface area contributed by atoms with Crippen molar-refractivity contribution in [3.63, 3.8) is 0 Å². The largest absolute Gasteiger partial charge is 0.366 e. The first kappa shape index (κ1) is 23.8. The van der Waals surface area contributed by atoms with Crippen LogP contribution in [0.2, 0.25) is 0 Å². The van der Waals surface area contributed by atoms with Gasteiger partial charge in [0.1, 0.15) is 23.4 Å². The lowest BCUT2D eigenvalue weighted by Gasteiger charge is -2.31. The van der Waals surface area contributed by atoms with Crippen LogP contribution in [0.1, 0.15) is 17.4 Å². The monoisotopic (exact) mass is 488 g/mol. The van der Waals surface area contributed by atoms with Crippen LogP contribution in [-0.4, -0.2) is 65.3 Å². The van der Waals surface area contributed by atoms with Gasteiger partial charge in [0, 0.05) is 51.7 Å². The number of nitrogens with zero attached hydrogens (tertiary/aromatic N) is 5. The van der Waals surface area contributed by atoms with E-state index in [9.17, 15) is 22.9 Å². The van der Waals surface area contributed by atoms with Crippen LogP contribution in [0.15, 0.2) is 59.8 Å². The molecule has 2 heterocycles. The van der Waals surface area contributed by atoms with Crippen molar-refractivity contribution in [2.45, 2.75) is 10.9 Å². The number of imidazole rings is 1. The van der Waals surface area contributed by atoms with Crippen molar-refractivity contribution in [3.05, 3.63) is 82.2 Å². The van der Waals surface area contributed by atoms with E-state index >= 15 is 0 Å². The lowest BCUT2D eigenvalue weighted by molar-refractivity contribution is -0.384. The summed E-state index contributed by atoms with van der Waals surface area (Å²) in [6.07, 6.45) is 3.32. The molecule has 1 aliphatic rings. The van der Waals surface area contributed by atoms with Crippen LogP contribution in [-0.2, 0) is 17.1 Å². The highest BCUT2D eigenvalue weighted by molar-refractivity contribution is 7.89. The third-order valence-electron chi connectivity index (χ3n) is 5.89. The molecule has 0 amide bonds. The topological polar surface area (TPSA) is 114 Å². The summed E-state index contributed by atoms with van der Waals surface area (Å²) in [6, 6.07) is 8.93. The average Bonchev–Trinajstić information content (AvgIpc) is 3.24. The summed E-state index contributed by atoms with van der Waals surface area (Å²) >= 11 is 0. The molecule has 1 aromatic heterocycles. The van der Waals surface area contributed by atoms with Crippen LogP contribution in [0.5, 0.6) is 0 Å². The van der Waals surface area contributed by atoms with Crippen molar-refractivity contribution in [2.24, 2.45) is 7.05 Å². The fraction of sp³-hybridized carbons (Fsp3) is 0.318. The van der Waals surface area contributed by atoms with E-state index in [1.165, 1.54) is 28.6 Å². The van der Waals surface area contributed by atoms with Gasteiger partial charge in [-0.05, 0) is 36.9 Å². The smallest absolute Gasteiger partial charge is 0.293 e. The normalized spacial score (nSPS) is 16.3. The standard InChI is InChI=1S/C22H25FN6O4S/c1-26-11-13-28(14-12-26)34(32,33)18-7-8-19(20(15-18)29(30)31)25-21(22-24-9-10-27(22)2)16-3-5-17(23)6-4-16/h3-10,15,21,25H,11-14H2,1-2H3. The Bertz CT molecular complexity index is 1290. The van der Waals surface area contributed by atoms with Gasteiger partial charge in [0.2, 0.25) is 10.0 Å². The Kier molecular flexibility index (Phi) is 6.64. The van der Waals surface area contributed by atoms with Gasteiger partial charge in [-0.15, -0.1) is 0 Å². The van der Waals surface area contributed by atoms with Gasteiger partial charge in [0.25, 0.3) is 5.69 Å². The molecule has 3 aromatic rings. The van der Waals surface area contributed by atoms with Crippen LogP contribution >= 0.6 is 0 Å². The molecule has 1 unspecified atom stereocenters. The zero-order chi connectivity index (χ0) is 24.5. The van der Waals surface area contributed by atoms with Gasteiger partial charge in [-0.2, -0.15) is 4.31 Å². The molecule has 2 aromatic carbocycles. The van der Waals surface area contributed by atoms with Crippen molar-refractivity contribution in [1.82, 2.24) is 18.8 Å². The van der Waals surface area contributed by atoms with Gasteiger partial charge in [-0.1, -0.05) is 12.1 Å². The minimum Gasteiger partial charge on any atom is -0.366 e. The zero-order valence-electron chi connectivity index (χ0n) is 18.8. The lowest BCUT2D eigenvalue weighted by Crippen LogP contribution is -2.47. The number of nitro benzene ring substituents is 1. The molecule has 1 saturated heterocycles. The number of piperazine rings is 1. The first-order valence-electron chi connectivity index (χ1n) is 10.6. The van der Waals surface area contributed by atoms with Crippen molar-refractivity contribution in [2.75, 3.05) is 38.5 Å². The SMILES string of the molecule is CN1CCN(S(=O)(=O)c2ccc(NC(c3ccc(F)cc3)c3nccn3C)c([N+](=O)[O-])c2)CC1. The van der Waals surface area contributed by atoms with Crippen molar-refractivity contribution < 1.29 is 17.7 Å². The minimum absolute atomic E-state index is 0.125. The first-order valence-corrected chi connectivity index (χ1v) is 12.1. The zero-order valence-corrected chi connectivity index (χ0v) is 19.6. The lowest BCUT2D eigenvalue weighted by atomic mass is 10.1. The summed E-state index contributed by atoms with van der Waals surface area (Å²) in [5.41, 5.74) is 0.385. The fourth-order valence-electron chi connectivity index (χ4n) is 3.89. The number of likely N-dealkylation sites (N-methyl/N-ethyl adjacent to an activating group) is 1. The van der Waals surface area contributed by atoms with Gasteiger partial charge in [0.15, 0.2) is 0 Å². The molecule has 12 heteroatoms. The molecule has 34 heavy (non-hydrogen) atoms. The fourth-order valence-corrected chi connectivity index (χ4v) is 5.33. The molecule has 0 aliphatic carbocycles. The number of sulfonamides is 1. The van der Waals surface area contributed by atoms with Gasteiger partial charge < -0.3 is 14.8 Å². The van der Waals surface area contributed by atoms with E-state index < -0.39 is 26.8 Å². The highest BCUT2D eigenvalue weighted by Gasteiger charge is 2.30. The van der Waals surface area contributed by atoms with E-state index in [4.69, 9.17) is 0 Å². The van der Waals surface area contributed by atoms with Crippen LogP contribution in [0, 0.1) is 15.9 Å². The molecule has 1 aliphatic heterocycles. The highest BCUT2D eigenvalue weighted by atomic mass is 32.2. The molecule has 1 atom stereocenters. The summed E-state index contributed by atoms with van der Waals surface area (Å²) in [7, 11) is -0.188. The number of nitrogens with one attached hydrogen (secondary N) is 1. The number of anilines is 1. The molecule has 0 bridgehead atoms. The number of aryl methyl sites for hydroxylation is 1. The summed E-state index contributed by atoms with van der Waals surface area (Å²) in [5, 5.41) is 15.0. The van der Waals surface area contributed by atoms with Crippen LogP contribution in [0.3, 0.4) is 0 Å². The van der Waals surface area contributed by atoms with Crippen LogP contribution < -0.4 is 5.32 Å². The second-order valence-corrected chi connectivity index (χ2v) is 10.1. The molecule has 180 valence electrons. The summed E-state index contributed by atoms with van der Waals surface area (Å²) in [5.74, 6) is 0.141. The van der Waals surface area contributed by atoms with Gasteiger partial charge in [-0.3, -0.25) is 10.1 Å². The van der Waals surface area contributed by atoms with Crippen molar-refractivity contribution in [3.8, 4) is 0 Å². The molecule has 0 radical (unpaired) electrons.